The van der Waals surface area contributed by atoms with Gasteiger partial charge in [0.25, 0.3) is 0 Å². The zero-order chi connectivity index (χ0) is 14.0. The maximum Gasteiger partial charge on any atom is 0.184 e. The van der Waals surface area contributed by atoms with Crippen molar-refractivity contribution in [3.05, 3.63) is 29.8 Å². The topological polar surface area (TPSA) is 48.4 Å². The van der Waals surface area contributed by atoms with Crippen LogP contribution in [0, 0.1) is 11.7 Å². The second kappa shape index (κ2) is 5.58. The molecule has 5 heteroatoms. The van der Waals surface area contributed by atoms with E-state index in [0.717, 1.165) is 19.0 Å². The molecule has 1 unspecified atom stereocenters. The summed E-state index contributed by atoms with van der Waals surface area (Å²) in [5.74, 6) is -0.506. The van der Waals surface area contributed by atoms with Crippen molar-refractivity contribution in [2.75, 3.05) is 19.8 Å². The first-order valence-electron chi connectivity index (χ1n) is 7.06. The van der Waals surface area contributed by atoms with Gasteiger partial charge in [-0.2, -0.15) is 0 Å². The molecule has 0 bridgehead atoms. The summed E-state index contributed by atoms with van der Waals surface area (Å²) in [6.45, 7) is 1.98. The lowest BCUT2D eigenvalue weighted by molar-refractivity contribution is -0.142. The number of carbonyl (C=O) groups is 1. The third-order valence-electron chi connectivity index (χ3n) is 4.25. The van der Waals surface area contributed by atoms with Gasteiger partial charge in [0.05, 0.1) is 11.8 Å². The minimum Gasteiger partial charge on any atom is -0.381 e. The van der Waals surface area contributed by atoms with E-state index in [1.165, 1.54) is 12.1 Å². The molecule has 20 heavy (non-hydrogen) atoms. The zero-order valence-corrected chi connectivity index (χ0v) is 11.3. The molecule has 108 valence electrons. The van der Waals surface area contributed by atoms with Gasteiger partial charge in [0.1, 0.15) is 11.5 Å². The Morgan fingerprint density at radius 3 is 2.80 bits per heavy atom. The van der Waals surface area contributed by atoms with Crippen LogP contribution in [0.2, 0.25) is 0 Å². The van der Waals surface area contributed by atoms with Crippen LogP contribution in [0.15, 0.2) is 18.3 Å². The van der Waals surface area contributed by atoms with Gasteiger partial charge in [-0.15, -0.1) is 0 Å². The van der Waals surface area contributed by atoms with Gasteiger partial charge in [-0.3, -0.25) is 9.78 Å². The van der Waals surface area contributed by atoms with Crippen LogP contribution in [0.3, 0.4) is 0 Å². The average molecular weight is 279 g/mol. The fraction of sp³-hybridized carbons (Fsp3) is 0.600. The predicted octanol–water partition coefficient (Wildman–Crippen LogP) is 2.38. The van der Waals surface area contributed by atoms with Crippen LogP contribution in [0.5, 0.6) is 0 Å². The lowest BCUT2D eigenvalue weighted by Crippen LogP contribution is -2.46. The van der Waals surface area contributed by atoms with Crippen LogP contribution in [0.25, 0.3) is 0 Å². The number of aromatic nitrogens is 1. The largest absolute Gasteiger partial charge is 0.381 e. The van der Waals surface area contributed by atoms with E-state index in [-0.39, 0.29) is 17.3 Å². The second-order valence-corrected chi connectivity index (χ2v) is 5.56. The number of pyridine rings is 1. The number of rotatable bonds is 2. The minimum absolute atomic E-state index is 0.000771. The monoisotopic (exact) mass is 279 g/mol. The van der Waals surface area contributed by atoms with E-state index >= 15 is 0 Å². The van der Waals surface area contributed by atoms with E-state index in [1.54, 1.807) is 0 Å². The first-order valence-corrected chi connectivity index (χ1v) is 7.06. The Kier molecular flexibility index (Phi) is 3.81. The lowest BCUT2D eigenvalue weighted by atomic mass is 9.78. The third kappa shape index (κ3) is 2.74. The smallest absolute Gasteiger partial charge is 0.184 e. The van der Waals surface area contributed by atoms with Gasteiger partial charge in [-0.1, -0.05) is 0 Å². The highest BCUT2D eigenvalue weighted by Gasteiger charge is 2.41. The van der Waals surface area contributed by atoms with Crippen LogP contribution >= 0.6 is 0 Å². The molecule has 3 heterocycles. The number of carbonyl (C=O) groups excluding carboxylic acids is 1. The number of nitrogens with zero attached hydrogens (tertiary/aromatic N) is 1. The highest BCUT2D eigenvalue weighted by Crippen LogP contribution is 2.38. The summed E-state index contributed by atoms with van der Waals surface area (Å²) in [6.07, 6.45) is 4.20. The standard InChI is InChI=1S/C15H18FNO3/c16-12-1-2-13(17-10-12)14(18)11-3-6-20-15(9-11)4-7-19-8-5-15/h1-2,10-11H,3-9H2. The highest BCUT2D eigenvalue weighted by atomic mass is 19.1. The molecule has 1 aromatic heterocycles. The molecular formula is C15H18FNO3. The molecule has 2 aliphatic rings. The molecule has 1 atom stereocenters. The molecule has 2 fully saturated rings. The Labute approximate surface area is 117 Å². The van der Waals surface area contributed by atoms with Crippen LogP contribution in [-0.4, -0.2) is 36.2 Å². The molecule has 4 nitrogen and oxygen atoms in total. The van der Waals surface area contributed by atoms with E-state index in [1.807, 2.05) is 0 Å². The molecule has 0 aliphatic carbocycles. The van der Waals surface area contributed by atoms with E-state index in [2.05, 4.69) is 4.98 Å². The Balaban J connectivity index is 1.73. The number of hydrogen-bond acceptors (Lipinski definition) is 4. The minimum atomic E-state index is -0.422. The Morgan fingerprint density at radius 1 is 1.30 bits per heavy atom. The summed E-state index contributed by atoms with van der Waals surface area (Å²) in [7, 11) is 0. The van der Waals surface area contributed by atoms with Crippen molar-refractivity contribution in [3.63, 3.8) is 0 Å². The number of halogens is 1. The van der Waals surface area contributed by atoms with Gasteiger partial charge in [0.2, 0.25) is 0 Å². The second-order valence-electron chi connectivity index (χ2n) is 5.56. The summed E-state index contributed by atoms with van der Waals surface area (Å²) in [6, 6.07) is 2.74. The van der Waals surface area contributed by atoms with Crippen molar-refractivity contribution in [1.29, 1.82) is 0 Å². The molecular weight excluding hydrogens is 261 g/mol. The third-order valence-corrected chi connectivity index (χ3v) is 4.25. The molecule has 2 saturated heterocycles. The van der Waals surface area contributed by atoms with Crippen LogP contribution in [0.4, 0.5) is 4.39 Å². The van der Waals surface area contributed by atoms with E-state index in [9.17, 15) is 9.18 Å². The van der Waals surface area contributed by atoms with Gasteiger partial charge in [-0.25, -0.2) is 4.39 Å². The molecule has 1 aromatic rings. The van der Waals surface area contributed by atoms with Crippen molar-refractivity contribution in [3.8, 4) is 0 Å². The van der Waals surface area contributed by atoms with E-state index in [0.29, 0.717) is 38.4 Å². The van der Waals surface area contributed by atoms with Gasteiger partial charge in [0.15, 0.2) is 5.78 Å². The quantitative estimate of drug-likeness (QED) is 0.780. The maximum atomic E-state index is 12.9. The van der Waals surface area contributed by atoms with Crippen molar-refractivity contribution < 1.29 is 18.7 Å². The summed E-state index contributed by atoms with van der Waals surface area (Å²) >= 11 is 0. The molecule has 0 saturated carbocycles. The molecule has 1 spiro atoms. The zero-order valence-electron chi connectivity index (χ0n) is 11.3. The summed E-state index contributed by atoms with van der Waals surface area (Å²) in [5, 5.41) is 0. The molecule has 3 rings (SSSR count). The SMILES string of the molecule is O=C(c1ccc(F)cn1)C1CCOC2(CCOCC2)C1. The molecule has 0 radical (unpaired) electrons. The van der Waals surface area contributed by atoms with Gasteiger partial charge >= 0.3 is 0 Å². The summed E-state index contributed by atoms with van der Waals surface area (Å²) in [5.41, 5.74) is 0.136. The number of hydrogen-bond donors (Lipinski definition) is 0. The molecule has 0 amide bonds. The first-order chi connectivity index (χ1) is 9.69. The van der Waals surface area contributed by atoms with Crippen molar-refractivity contribution in [1.82, 2.24) is 4.98 Å². The summed E-state index contributed by atoms with van der Waals surface area (Å²) in [4.78, 5) is 16.4. The Morgan fingerprint density at radius 2 is 2.10 bits per heavy atom. The van der Waals surface area contributed by atoms with Crippen molar-refractivity contribution in [2.24, 2.45) is 5.92 Å². The number of ketones is 1. The highest BCUT2D eigenvalue weighted by molar-refractivity contribution is 5.96. The average Bonchev–Trinajstić information content (AvgIpc) is 2.48. The maximum absolute atomic E-state index is 12.9. The van der Waals surface area contributed by atoms with Gasteiger partial charge in [0, 0.05) is 25.7 Å². The van der Waals surface area contributed by atoms with E-state index < -0.39 is 5.82 Å². The fourth-order valence-electron chi connectivity index (χ4n) is 3.07. The van der Waals surface area contributed by atoms with E-state index in [4.69, 9.17) is 9.47 Å². The Hall–Kier alpha value is -1.33. The van der Waals surface area contributed by atoms with Crippen molar-refractivity contribution >= 4 is 5.78 Å². The predicted molar refractivity (Wildman–Crippen MR) is 70.0 cm³/mol. The Bertz CT molecular complexity index is 477. The normalized spacial score (nSPS) is 25.6. The molecule has 2 aliphatic heterocycles. The fourth-order valence-corrected chi connectivity index (χ4v) is 3.07. The lowest BCUT2D eigenvalue weighted by Gasteiger charge is -2.42. The number of ether oxygens (including phenoxy) is 2. The summed E-state index contributed by atoms with van der Waals surface area (Å²) < 4.78 is 24.2. The van der Waals surface area contributed by atoms with Crippen molar-refractivity contribution in [2.45, 2.75) is 31.3 Å². The van der Waals surface area contributed by atoms with Crippen LogP contribution < -0.4 is 0 Å². The number of Topliss-reactive ketones (excluding diaryl/α,β-unsaturated/α-hetero) is 1. The molecule has 0 aromatic carbocycles. The van der Waals surface area contributed by atoms with Gasteiger partial charge < -0.3 is 9.47 Å². The first kappa shape index (κ1) is 13.6. The molecule has 0 N–H and O–H groups in total. The van der Waals surface area contributed by atoms with Gasteiger partial charge in [-0.05, 0) is 37.8 Å². The van der Waals surface area contributed by atoms with Crippen LogP contribution in [0.1, 0.15) is 36.2 Å². The van der Waals surface area contributed by atoms with Crippen LogP contribution in [-0.2, 0) is 9.47 Å².